The van der Waals surface area contributed by atoms with E-state index in [1.54, 1.807) is 0 Å². The Balaban J connectivity index is 1.73. The van der Waals surface area contributed by atoms with Crippen molar-refractivity contribution in [3.05, 3.63) is 45.1 Å². The van der Waals surface area contributed by atoms with Gasteiger partial charge in [-0.2, -0.15) is 0 Å². The van der Waals surface area contributed by atoms with Crippen LogP contribution >= 0.6 is 22.9 Å². The van der Waals surface area contributed by atoms with Crippen molar-refractivity contribution in [2.75, 3.05) is 36.5 Å². The average molecular weight is 517 g/mol. The number of ether oxygens (including phenoxy) is 1. The molecule has 1 aromatic carbocycles. The van der Waals surface area contributed by atoms with Crippen LogP contribution in [0, 0.1) is 0 Å². The molecule has 1 aromatic heterocycles. The van der Waals surface area contributed by atoms with Crippen LogP contribution in [-0.2, 0) is 14.3 Å². The van der Waals surface area contributed by atoms with Gasteiger partial charge in [-0.05, 0) is 30.3 Å². The zero-order chi connectivity index (χ0) is 24.8. The summed E-state index contributed by atoms with van der Waals surface area (Å²) in [5.74, 6) is -1.93. The third-order valence-electron chi connectivity index (χ3n) is 4.68. The standard InChI is InChI=1S/C20H19ClF2N4O6S/c21-15-4-3-14(34-15)19(30)24-8-12(26-20(31)32)18(29)25-10-1-2-13(11(7-10)17(22)23)27-5-6-33-9-16(27)28/h1-4,7,12,17,26H,5-6,8-9H2,(H,24,30)(H,25,29)(H,31,32)/t12-/m0/s1. The molecule has 0 unspecified atom stereocenters. The van der Waals surface area contributed by atoms with Crippen molar-refractivity contribution in [1.82, 2.24) is 10.6 Å². The van der Waals surface area contributed by atoms with Gasteiger partial charge in [0, 0.05) is 24.3 Å². The molecule has 0 bridgehead atoms. The fourth-order valence-corrected chi connectivity index (χ4v) is 4.09. The van der Waals surface area contributed by atoms with Crippen LogP contribution in [0.15, 0.2) is 30.3 Å². The van der Waals surface area contributed by atoms with E-state index in [1.807, 2.05) is 5.32 Å². The van der Waals surface area contributed by atoms with Crippen LogP contribution < -0.4 is 20.9 Å². The molecule has 2 heterocycles. The zero-order valence-electron chi connectivity index (χ0n) is 17.3. The lowest BCUT2D eigenvalue weighted by Crippen LogP contribution is -2.50. The number of hydrogen-bond donors (Lipinski definition) is 4. The first-order chi connectivity index (χ1) is 16.2. The second-order valence-corrected chi connectivity index (χ2v) is 8.69. The maximum Gasteiger partial charge on any atom is 0.405 e. The van der Waals surface area contributed by atoms with Gasteiger partial charge in [0.15, 0.2) is 0 Å². The molecule has 14 heteroatoms. The monoisotopic (exact) mass is 516 g/mol. The van der Waals surface area contributed by atoms with E-state index < -0.39 is 48.4 Å². The average Bonchev–Trinajstić information content (AvgIpc) is 3.23. The molecule has 34 heavy (non-hydrogen) atoms. The fourth-order valence-electron chi connectivity index (χ4n) is 3.13. The lowest BCUT2D eigenvalue weighted by atomic mass is 10.1. The third kappa shape index (κ3) is 6.40. The van der Waals surface area contributed by atoms with E-state index in [1.165, 1.54) is 29.2 Å². The number of thiophene rings is 1. The number of nitrogens with one attached hydrogen (secondary N) is 3. The Labute approximate surface area is 200 Å². The number of anilines is 2. The van der Waals surface area contributed by atoms with Gasteiger partial charge in [0.25, 0.3) is 18.2 Å². The molecule has 10 nitrogen and oxygen atoms in total. The number of halogens is 3. The van der Waals surface area contributed by atoms with E-state index >= 15 is 0 Å². The molecule has 1 fully saturated rings. The number of amides is 4. The lowest BCUT2D eigenvalue weighted by Gasteiger charge is -2.29. The molecule has 3 rings (SSSR count). The predicted octanol–water partition coefficient (Wildman–Crippen LogP) is 2.71. The van der Waals surface area contributed by atoms with E-state index in [4.69, 9.17) is 21.4 Å². The number of benzene rings is 1. The minimum absolute atomic E-state index is 0.0108. The van der Waals surface area contributed by atoms with E-state index in [-0.39, 0.29) is 36.0 Å². The Morgan fingerprint density at radius 1 is 1.24 bits per heavy atom. The van der Waals surface area contributed by atoms with E-state index in [0.717, 1.165) is 17.4 Å². The van der Waals surface area contributed by atoms with Gasteiger partial charge in [-0.3, -0.25) is 14.4 Å². The molecule has 0 saturated carbocycles. The molecule has 0 aliphatic carbocycles. The summed E-state index contributed by atoms with van der Waals surface area (Å²) in [7, 11) is 0. The quantitative estimate of drug-likeness (QED) is 0.426. The summed E-state index contributed by atoms with van der Waals surface area (Å²) in [6.07, 6.45) is -4.48. The van der Waals surface area contributed by atoms with Gasteiger partial charge in [-0.25, -0.2) is 13.6 Å². The third-order valence-corrected chi connectivity index (χ3v) is 5.91. The van der Waals surface area contributed by atoms with E-state index in [2.05, 4.69) is 10.6 Å². The highest BCUT2D eigenvalue weighted by molar-refractivity contribution is 7.18. The van der Waals surface area contributed by atoms with Gasteiger partial charge in [0.1, 0.15) is 12.6 Å². The molecule has 1 saturated heterocycles. The summed E-state index contributed by atoms with van der Waals surface area (Å²) in [4.78, 5) is 49.4. The molecule has 1 aliphatic rings. The van der Waals surface area contributed by atoms with Crippen LogP contribution in [0.3, 0.4) is 0 Å². The van der Waals surface area contributed by atoms with Crippen molar-refractivity contribution < 1.29 is 37.8 Å². The van der Waals surface area contributed by atoms with Gasteiger partial charge in [-0.1, -0.05) is 11.6 Å². The van der Waals surface area contributed by atoms with Gasteiger partial charge in [0.2, 0.25) is 5.91 Å². The Morgan fingerprint density at radius 3 is 2.62 bits per heavy atom. The summed E-state index contributed by atoms with van der Waals surface area (Å²) < 4.78 is 32.8. The van der Waals surface area contributed by atoms with E-state index in [9.17, 15) is 28.0 Å². The SMILES string of the molecule is O=C(O)N[C@@H](CNC(=O)c1ccc(Cl)s1)C(=O)Nc1ccc(N2CCOCC2=O)c(C(F)F)c1. The summed E-state index contributed by atoms with van der Waals surface area (Å²) >= 11 is 6.78. The number of morpholine rings is 1. The predicted molar refractivity (Wildman–Crippen MR) is 120 cm³/mol. The maximum absolute atomic E-state index is 13.7. The highest BCUT2D eigenvalue weighted by atomic mass is 35.5. The second kappa shape index (κ2) is 11.2. The van der Waals surface area contributed by atoms with Gasteiger partial charge in [0.05, 0.1) is 21.5 Å². The van der Waals surface area contributed by atoms with Crippen LogP contribution in [0.2, 0.25) is 4.34 Å². The Hall–Kier alpha value is -3.29. The largest absolute Gasteiger partial charge is 0.465 e. The summed E-state index contributed by atoms with van der Waals surface area (Å²) in [5, 5.41) is 15.8. The first kappa shape index (κ1) is 25.3. The smallest absolute Gasteiger partial charge is 0.405 e. The number of carbonyl (C=O) groups excluding carboxylic acids is 3. The summed E-state index contributed by atoms with van der Waals surface area (Å²) in [5.41, 5.74) is -0.541. The van der Waals surface area contributed by atoms with Crippen molar-refractivity contribution in [3.63, 3.8) is 0 Å². The highest BCUT2D eigenvalue weighted by Crippen LogP contribution is 2.33. The zero-order valence-corrected chi connectivity index (χ0v) is 18.9. The number of alkyl halides is 2. The van der Waals surface area contributed by atoms with E-state index in [0.29, 0.717) is 4.34 Å². The molecule has 4 amide bonds. The number of hydrogen-bond acceptors (Lipinski definition) is 6. The second-order valence-electron chi connectivity index (χ2n) is 6.98. The van der Waals surface area contributed by atoms with Crippen LogP contribution in [0.4, 0.5) is 25.0 Å². The van der Waals surface area contributed by atoms with Crippen LogP contribution in [0.1, 0.15) is 21.7 Å². The Kier molecular flexibility index (Phi) is 8.36. The molecule has 1 atom stereocenters. The van der Waals surface area contributed by atoms with Crippen molar-refractivity contribution >= 4 is 58.1 Å². The van der Waals surface area contributed by atoms with Crippen molar-refractivity contribution in [2.24, 2.45) is 0 Å². The minimum atomic E-state index is -2.95. The van der Waals surface area contributed by atoms with Crippen LogP contribution in [0.25, 0.3) is 0 Å². The number of carboxylic acid groups (broad SMARTS) is 1. The van der Waals surface area contributed by atoms with Gasteiger partial charge >= 0.3 is 6.09 Å². The van der Waals surface area contributed by atoms with Crippen molar-refractivity contribution in [2.45, 2.75) is 12.5 Å². The Bertz CT molecular complexity index is 1100. The van der Waals surface area contributed by atoms with Crippen LogP contribution in [0.5, 0.6) is 0 Å². The lowest BCUT2D eigenvalue weighted by molar-refractivity contribution is -0.125. The molecular formula is C20H19ClF2N4O6S. The number of rotatable bonds is 8. The molecule has 0 spiro atoms. The first-order valence-electron chi connectivity index (χ1n) is 9.79. The number of nitrogens with zero attached hydrogens (tertiary/aromatic N) is 1. The molecular weight excluding hydrogens is 498 g/mol. The molecule has 2 aromatic rings. The molecule has 0 radical (unpaired) electrons. The molecule has 182 valence electrons. The van der Waals surface area contributed by atoms with Crippen molar-refractivity contribution in [1.29, 1.82) is 0 Å². The molecule has 4 N–H and O–H groups in total. The topological polar surface area (TPSA) is 137 Å². The van der Waals surface area contributed by atoms with Crippen LogP contribution in [-0.4, -0.2) is 61.3 Å². The maximum atomic E-state index is 13.7. The van der Waals surface area contributed by atoms with Gasteiger partial charge < -0.3 is 30.7 Å². The fraction of sp³-hybridized carbons (Fsp3) is 0.300. The Morgan fingerprint density at radius 2 is 2.00 bits per heavy atom. The summed E-state index contributed by atoms with van der Waals surface area (Å²) in [6.45, 7) is -0.343. The first-order valence-corrected chi connectivity index (χ1v) is 11.0. The van der Waals surface area contributed by atoms with Crippen molar-refractivity contribution in [3.8, 4) is 0 Å². The normalized spacial score (nSPS) is 14.6. The number of carbonyl (C=O) groups is 4. The highest BCUT2D eigenvalue weighted by Gasteiger charge is 2.27. The molecule has 1 aliphatic heterocycles. The minimum Gasteiger partial charge on any atom is -0.465 e. The summed E-state index contributed by atoms with van der Waals surface area (Å²) in [6, 6.07) is 5.13. The van der Waals surface area contributed by atoms with Gasteiger partial charge in [-0.15, -0.1) is 11.3 Å².